The maximum atomic E-state index is 13.2. The average Bonchev–Trinajstić information content (AvgIpc) is 3.59. The third-order valence-electron chi connectivity index (χ3n) is 7.11. The lowest BCUT2D eigenvalue weighted by Crippen LogP contribution is -1.87. The van der Waals surface area contributed by atoms with E-state index in [1.54, 1.807) is 48.7 Å². The van der Waals surface area contributed by atoms with Crippen LogP contribution >= 0.6 is 0 Å². The maximum Gasteiger partial charge on any atom is 0.134 e. The normalized spacial score (nSPS) is 10.8. The van der Waals surface area contributed by atoms with Crippen molar-refractivity contribution in [1.29, 1.82) is 0 Å². The zero-order valence-corrected chi connectivity index (χ0v) is 24.8. The number of furan rings is 1. The molecule has 0 bridgehead atoms. The molecule has 230 valence electrons. The van der Waals surface area contributed by atoms with Crippen molar-refractivity contribution in [2.24, 2.45) is 0 Å². The first-order valence-corrected chi connectivity index (χ1v) is 14.7. The van der Waals surface area contributed by atoms with Gasteiger partial charge in [-0.3, -0.25) is 0 Å². The zero-order valence-electron chi connectivity index (χ0n) is 24.8. The predicted molar refractivity (Wildman–Crippen MR) is 176 cm³/mol. The second kappa shape index (κ2) is 13.3. The van der Waals surface area contributed by atoms with Crippen LogP contribution in [0.3, 0.4) is 0 Å². The van der Waals surface area contributed by atoms with Gasteiger partial charge in [0.1, 0.15) is 63.4 Å². The van der Waals surface area contributed by atoms with Crippen LogP contribution in [0, 0.1) is 11.6 Å². The van der Waals surface area contributed by atoms with E-state index in [4.69, 9.17) is 23.4 Å². The second-order valence-corrected chi connectivity index (χ2v) is 10.5. The van der Waals surface area contributed by atoms with Crippen molar-refractivity contribution in [2.45, 2.75) is 0 Å². The standard InChI is InChI=1S/C40H26F2O5/c41-30-11-19-34(20-12-30)46-38-5-1-3-36(24-38)44-32-15-7-27(8-16-32)29-23-40(43-26-29)28-9-17-33(18-10-28)45-37-4-2-6-39(25-37)47-35-21-13-31(42)14-22-35/h1-26H. The molecule has 5 nitrogen and oxygen atoms in total. The first-order valence-electron chi connectivity index (χ1n) is 14.7. The van der Waals surface area contributed by atoms with Crippen LogP contribution in [0.5, 0.6) is 46.0 Å². The molecule has 0 unspecified atom stereocenters. The molecule has 0 aliphatic rings. The van der Waals surface area contributed by atoms with E-state index in [2.05, 4.69) is 0 Å². The fourth-order valence-electron chi connectivity index (χ4n) is 4.79. The van der Waals surface area contributed by atoms with Gasteiger partial charge < -0.3 is 23.4 Å². The predicted octanol–water partition coefficient (Wildman–Crippen LogP) is 12.1. The third-order valence-corrected chi connectivity index (χ3v) is 7.11. The summed E-state index contributed by atoms with van der Waals surface area (Å²) in [4.78, 5) is 0. The fourth-order valence-corrected chi connectivity index (χ4v) is 4.79. The van der Waals surface area contributed by atoms with Crippen molar-refractivity contribution >= 4 is 0 Å². The highest BCUT2D eigenvalue weighted by Gasteiger charge is 2.09. The zero-order chi connectivity index (χ0) is 32.0. The van der Waals surface area contributed by atoms with E-state index < -0.39 is 0 Å². The Labute approximate surface area is 269 Å². The van der Waals surface area contributed by atoms with E-state index in [9.17, 15) is 8.78 Å². The van der Waals surface area contributed by atoms with E-state index in [0.29, 0.717) is 46.0 Å². The molecule has 7 aromatic rings. The molecule has 47 heavy (non-hydrogen) atoms. The van der Waals surface area contributed by atoms with Crippen LogP contribution in [-0.4, -0.2) is 0 Å². The molecule has 7 heteroatoms. The van der Waals surface area contributed by atoms with Crippen LogP contribution < -0.4 is 18.9 Å². The molecule has 0 saturated heterocycles. The largest absolute Gasteiger partial charge is 0.464 e. The lowest BCUT2D eigenvalue weighted by molar-refractivity contribution is 0.459. The molecule has 0 saturated carbocycles. The van der Waals surface area contributed by atoms with E-state index in [1.165, 1.54) is 24.3 Å². The van der Waals surface area contributed by atoms with Crippen molar-refractivity contribution < 1.29 is 32.1 Å². The van der Waals surface area contributed by atoms with Crippen molar-refractivity contribution in [3.63, 3.8) is 0 Å². The van der Waals surface area contributed by atoms with E-state index in [0.717, 1.165) is 22.5 Å². The number of halogens is 2. The summed E-state index contributed by atoms with van der Waals surface area (Å²) in [6, 6.07) is 43.5. The topological polar surface area (TPSA) is 50.1 Å². The molecule has 0 amide bonds. The molecule has 7 rings (SSSR count). The Morgan fingerprint density at radius 1 is 0.340 bits per heavy atom. The van der Waals surface area contributed by atoms with E-state index in [1.807, 2.05) is 84.9 Å². The highest BCUT2D eigenvalue weighted by atomic mass is 19.1. The van der Waals surface area contributed by atoms with Gasteiger partial charge in [0.05, 0.1) is 6.26 Å². The minimum absolute atomic E-state index is 0.319. The molecule has 0 aliphatic carbocycles. The Bertz CT molecular complexity index is 1940. The molecule has 0 N–H and O–H groups in total. The van der Waals surface area contributed by atoms with Gasteiger partial charge in [-0.15, -0.1) is 0 Å². The minimum atomic E-state index is -0.320. The Morgan fingerprint density at radius 2 is 0.702 bits per heavy atom. The number of ether oxygens (including phenoxy) is 4. The Balaban J connectivity index is 0.968. The number of rotatable bonds is 10. The first kappa shape index (κ1) is 29.4. The maximum absolute atomic E-state index is 13.2. The fraction of sp³-hybridized carbons (Fsp3) is 0. The van der Waals surface area contributed by atoms with Crippen molar-refractivity contribution in [3.8, 4) is 68.4 Å². The van der Waals surface area contributed by atoms with Gasteiger partial charge in [-0.05, 0) is 121 Å². The summed E-state index contributed by atoms with van der Waals surface area (Å²) in [6.45, 7) is 0. The van der Waals surface area contributed by atoms with Gasteiger partial charge in [-0.25, -0.2) is 8.78 Å². The van der Waals surface area contributed by atoms with E-state index >= 15 is 0 Å². The molecular formula is C40H26F2O5. The van der Waals surface area contributed by atoms with Crippen LogP contribution in [0.4, 0.5) is 8.78 Å². The second-order valence-electron chi connectivity index (χ2n) is 10.5. The highest BCUT2D eigenvalue weighted by molar-refractivity contribution is 5.70. The number of hydrogen-bond donors (Lipinski definition) is 0. The smallest absolute Gasteiger partial charge is 0.134 e. The molecule has 0 fully saturated rings. The highest BCUT2D eigenvalue weighted by Crippen LogP contribution is 2.34. The first-order chi connectivity index (χ1) is 23.0. The summed E-state index contributed by atoms with van der Waals surface area (Å²) >= 11 is 0. The van der Waals surface area contributed by atoms with Gasteiger partial charge in [0.25, 0.3) is 0 Å². The van der Waals surface area contributed by atoms with Crippen molar-refractivity contribution in [2.75, 3.05) is 0 Å². The third kappa shape index (κ3) is 7.49. The average molecular weight is 625 g/mol. The molecule has 0 aliphatic heterocycles. The van der Waals surface area contributed by atoms with Gasteiger partial charge in [0.2, 0.25) is 0 Å². The Kier molecular flexibility index (Phi) is 8.34. The van der Waals surface area contributed by atoms with Gasteiger partial charge in [0.15, 0.2) is 0 Å². The summed E-state index contributed by atoms with van der Waals surface area (Å²) in [5, 5.41) is 0. The summed E-state index contributed by atoms with van der Waals surface area (Å²) in [7, 11) is 0. The molecule has 6 aromatic carbocycles. The molecule has 0 spiro atoms. The summed E-state index contributed by atoms with van der Waals surface area (Å²) in [5.74, 6) is 4.86. The molecule has 1 heterocycles. The van der Waals surface area contributed by atoms with Gasteiger partial charge >= 0.3 is 0 Å². The lowest BCUT2D eigenvalue weighted by atomic mass is 10.1. The monoisotopic (exact) mass is 624 g/mol. The SMILES string of the molecule is Fc1ccc(Oc2cccc(Oc3ccc(-c4coc(-c5ccc(Oc6cccc(Oc7ccc(F)cc7)c6)cc5)c4)cc3)c2)cc1. The molecule has 0 radical (unpaired) electrons. The summed E-state index contributed by atoms with van der Waals surface area (Å²) in [6.07, 6.45) is 1.72. The number of benzene rings is 6. The molecule has 1 aromatic heterocycles. The molecule has 0 atom stereocenters. The van der Waals surface area contributed by atoms with Crippen LogP contribution in [0.25, 0.3) is 22.5 Å². The minimum Gasteiger partial charge on any atom is -0.464 e. The quantitative estimate of drug-likeness (QED) is 0.152. The number of hydrogen-bond acceptors (Lipinski definition) is 5. The van der Waals surface area contributed by atoms with Gasteiger partial charge in [-0.2, -0.15) is 0 Å². The molecular weight excluding hydrogens is 598 g/mol. The lowest BCUT2D eigenvalue weighted by Gasteiger charge is -2.09. The van der Waals surface area contributed by atoms with Crippen molar-refractivity contribution in [3.05, 3.63) is 170 Å². The summed E-state index contributed by atoms with van der Waals surface area (Å²) in [5.41, 5.74) is 2.81. The van der Waals surface area contributed by atoms with Crippen molar-refractivity contribution in [1.82, 2.24) is 0 Å². The Hall–Kier alpha value is -6.34. The van der Waals surface area contributed by atoms with Crippen LogP contribution in [0.15, 0.2) is 162 Å². The van der Waals surface area contributed by atoms with Crippen LogP contribution in [0.2, 0.25) is 0 Å². The van der Waals surface area contributed by atoms with Crippen LogP contribution in [0.1, 0.15) is 0 Å². The Morgan fingerprint density at radius 3 is 1.11 bits per heavy atom. The van der Waals surface area contributed by atoms with E-state index in [-0.39, 0.29) is 11.6 Å². The van der Waals surface area contributed by atoms with Crippen LogP contribution in [-0.2, 0) is 0 Å². The van der Waals surface area contributed by atoms with Gasteiger partial charge in [0, 0.05) is 23.3 Å². The summed E-state index contributed by atoms with van der Waals surface area (Å²) < 4.78 is 56.0. The van der Waals surface area contributed by atoms with Gasteiger partial charge in [-0.1, -0.05) is 24.3 Å².